The molecule has 70 heavy (non-hydrogen) atoms. The van der Waals surface area contributed by atoms with Crippen LogP contribution in [0.25, 0.3) is 77.2 Å². The lowest BCUT2D eigenvalue weighted by molar-refractivity contribution is 0.660. The zero-order valence-electron chi connectivity index (χ0n) is 39.0. The number of fused-ring (bicyclic) bond motifs is 11. The molecule has 0 fully saturated rings. The van der Waals surface area contributed by atoms with Crippen LogP contribution in [0, 0.1) is 0 Å². The molecule has 0 N–H and O–H groups in total. The van der Waals surface area contributed by atoms with Crippen molar-refractivity contribution in [3.8, 4) is 44.5 Å². The summed E-state index contributed by atoms with van der Waals surface area (Å²) in [4.78, 5) is 2.52. The molecule has 14 rings (SSSR count). The van der Waals surface area contributed by atoms with Gasteiger partial charge in [-0.15, -0.1) is 0 Å². The molecule has 11 aromatic carbocycles. The van der Waals surface area contributed by atoms with Crippen LogP contribution >= 0.6 is 0 Å². The molecule has 0 bridgehead atoms. The van der Waals surface area contributed by atoms with Gasteiger partial charge in [0.15, 0.2) is 0 Å². The first-order valence-electron chi connectivity index (χ1n) is 24.4. The van der Waals surface area contributed by atoms with Crippen LogP contribution in [-0.4, -0.2) is 0 Å². The molecule has 2 heteroatoms. The standard InChI is InChI=1S/C68H47NO/c1-67(2)59-30-16-14-28-54(59)58-42-57(44-19-6-3-7-20-44)63(43-61(58)67)69(49-36-33-46(34-37-49)51-29-18-32-64-65(51)56-39-35-45-21-12-13-26-52(45)66(56)70-64)50-38-40-55-53-27-15-17-31-60(53)68(62(55)41-50,47-22-8-4-9-23-47)48-24-10-5-11-25-48/h3-43H,1-2H3. The van der Waals surface area contributed by atoms with E-state index in [4.69, 9.17) is 4.42 Å². The fourth-order valence-corrected chi connectivity index (χ4v) is 12.4. The average molecular weight is 894 g/mol. The molecule has 0 amide bonds. The van der Waals surface area contributed by atoms with Crippen molar-refractivity contribution in [3.63, 3.8) is 0 Å². The molecule has 0 spiro atoms. The zero-order valence-corrected chi connectivity index (χ0v) is 39.0. The highest BCUT2D eigenvalue weighted by molar-refractivity contribution is 6.19. The van der Waals surface area contributed by atoms with Crippen LogP contribution in [0.3, 0.4) is 0 Å². The first-order valence-corrected chi connectivity index (χ1v) is 24.4. The second kappa shape index (κ2) is 15.4. The van der Waals surface area contributed by atoms with Gasteiger partial charge in [-0.1, -0.05) is 214 Å². The van der Waals surface area contributed by atoms with Gasteiger partial charge in [0.25, 0.3) is 0 Å². The van der Waals surface area contributed by atoms with Gasteiger partial charge in [0.2, 0.25) is 0 Å². The first kappa shape index (κ1) is 40.4. The smallest absolute Gasteiger partial charge is 0.143 e. The highest BCUT2D eigenvalue weighted by Gasteiger charge is 2.46. The van der Waals surface area contributed by atoms with Crippen molar-refractivity contribution in [2.24, 2.45) is 0 Å². The molecule has 2 aliphatic carbocycles. The SMILES string of the molecule is CC1(C)c2ccccc2-c2cc(-c3ccccc3)c(N(c3ccc(-c4cccc5oc6c7ccccc7ccc6c45)cc3)c3ccc4c(c3)C(c3ccccc3)(c3ccccc3)c3ccccc3-4)cc21. The highest BCUT2D eigenvalue weighted by Crippen LogP contribution is 2.59. The molecule has 0 saturated carbocycles. The van der Waals surface area contributed by atoms with Gasteiger partial charge in [-0.25, -0.2) is 0 Å². The average Bonchev–Trinajstić information content (AvgIpc) is 4.03. The Kier molecular flexibility index (Phi) is 8.88. The Labute approximate surface area is 408 Å². The molecule has 330 valence electrons. The minimum atomic E-state index is -0.554. The minimum Gasteiger partial charge on any atom is -0.455 e. The van der Waals surface area contributed by atoms with Gasteiger partial charge in [0.1, 0.15) is 11.2 Å². The Morgan fingerprint density at radius 3 is 1.69 bits per heavy atom. The van der Waals surface area contributed by atoms with Gasteiger partial charge >= 0.3 is 0 Å². The van der Waals surface area contributed by atoms with E-state index in [1.165, 1.54) is 72.1 Å². The maximum atomic E-state index is 6.67. The zero-order chi connectivity index (χ0) is 46.6. The third-order valence-electron chi connectivity index (χ3n) is 15.5. The summed E-state index contributed by atoms with van der Waals surface area (Å²) >= 11 is 0. The van der Waals surface area contributed by atoms with E-state index in [0.29, 0.717) is 0 Å². The lowest BCUT2D eigenvalue weighted by Gasteiger charge is -2.35. The Morgan fingerprint density at radius 1 is 0.357 bits per heavy atom. The summed E-state index contributed by atoms with van der Waals surface area (Å²) in [5.41, 5.74) is 21.9. The summed E-state index contributed by atoms with van der Waals surface area (Å²) in [6, 6.07) is 91.9. The van der Waals surface area contributed by atoms with Gasteiger partial charge in [-0.05, 0) is 126 Å². The Morgan fingerprint density at radius 2 is 0.943 bits per heavy atom. The molecular weight excluding hydrogens is 847 g/mol. The van der Waals surface area contributed by atoms with E-state index < -0.39 is 5.41 Å². The number of rotatable bonds is 7. The van der Waals surface area contributed by atoms with Crippen molar-refractivity contribution < 1.29 is 4.42 Å². The Bertz CT molecular complexity index is 3970. The van der Waals surface area contributed by atoms with E-state index in [0.717, 1.165) is 55.5 Å². The van der Waals surface area contributed by atoms with Crippen LogP contribution in [0.15, 0.2) is 253 Å². The lowest BCUT2D eigenvalue weighted by Crippen LogP contribution is -2.28. The highest BCUT2D eigenvalue weighted by atomic mass is 16.3. The second-order valence-electron chi connectivity index (χ2n) is 19.5. The summed E-state index contributed by atoms with van der Waals surface area (Å²) in [5.74, 6) is 0. The molecule has 1 aromatic heterocycles. The van der Waals surface area contributed by atoms with Gasteiger partial charge in [-0.3, -0.25) is 0 Å². The van der Waals surface area contributed by atoms with Crippen LogP contribution in [-0.2, 0) is 10.8 Å². The first-order chi connectivity index (χ1) is 34.5. The van der Waals surface area contributed by atoms with Crippen molar-refractivity contribution in [2.45, 2.75) is 24.7 Å². The van der Waals surface area contributed by atoms with Gasteiger partial charge in [0, 0.05) is 38.5 Å². The van der Waals surface area contributed by atoms with Crippen molar-refractivity contribution in [2.75, 3.05) is 4.90 Å². The van der Waals surface area contributed by atoms with Gasteiger partial charge < -0.3 is 9.32 Å². The molecule has 0 aliphatic heterocycles. The maximum Gasteiger partial charge on any atom is 0.143 e. The van der Waals surface area contributed by atoms with E-state index in [1.807, 2.05) is 0 Å². The molecule has 0 atom stereocenters. The number of furan rings is 1. The van der Waals surface area contributed by atoms with E-state index >= 15 is 0 Å². The normalized spacial score (nSPS) is 13.8. The second-order valence-corrected chi connectivity index (χ2v) is 19.5. The van der Waals surface area contributed by atoms with Crippen molar-refractivity contribution in [1.82, 2.24) is 0 Å². The maximum absolute atomic E-state index is 6.67. The Hall–Kier alpha value is -8.72. The monoisotopic (exact) mass is 893 g/mol. The summed E-state index contributed by atoms with van der Waals surface area (Å²) < 4.78 is 6.67. The topological polar surface area (TPSA) is 16.4 Å². The molecule has 0 unspecified atom stereocenters. The number of hydrogen-bond donors (Lipinski definition) is 0. The number of hydrogen-bond acceptors (Lipinski definition) is 2. The fourth-order valence-electron chi connectivity index (χ4n) is 12.4. The fraction of sp³-hybridized carbons (Fsp3) is 0.0588. The largest absolute Gasteiger partial charge is 0.455 e. The summed E-state index contributed by atoms with van der Waals surface area (Å²) in [5, 5.41) is 4.57. The van der Waals surface area contributed by atoms with Gasteiger partial charge in [0.05, 0.1) is 11.1 Å². The van der Waals surface area contributed by atoms with Gasteiger partial charge in [-0.2, -0.15) is 0 Å². The molecular formula is C68H47NO. The van der Waals surface area contributed by atoms with E-state index in [-0.39, 0.29) is 5.41 Å². The van der Waals surface area contributed by atoms with Crippen LogP contribution in [0.4, 0.5) is 17.1 Å². The Balaban J connectivity index is 1.03. The van der Waals surface area contributed by atoms with Crippen molar-refractivity contribution in [1.29, 1.82) is 0 Å². The summed E-state index contributed by atoms with van der Waals surface area (Å²) in [7, 11) is 0. The number of nitrogens with zero attached hydrogens (tertiary/aromatic N) is 1. The third-order valence-corrected chi connectivity index (χ3v) is 15.5. The van der Waals surface area contributed by atoms with Crippen LogP contribution in [0.1, 0.15) is 47.2 Å². The minimum absolute atomic E-state index is 0.210. The van der Waals surface area contributed by atoms with E-state index in [9.17, 15) is 0 Å². The molecule has 2 aliphatic rings. The van der Waals surface area contributed by atoms with E-state index in [1.54, 1.807) is 0 Å². The van der Waals surface area contributed by atoms with Crippen LogP contribution < -0.4 is 4.90 Å². The number of anilines is 3. The summed E-state index contributed by atoms with van der Waals surface area (Å²) in [6.07, 6.45) is 0. The quantitative estimate of drug-likeness (QED) is 0.158. The third kappa shape index (κ3) is 5.80. The van der Waals surface area contributed by atoms with Crippen molar-refractivity contribution >= 4 is 49.8 Å². The molecule has 0 radical (unpaired) electrons. The van der Waals surface area contributed by atoms with Crippen molar-refractivity contribution in [3.05, 3.63) is 282 Å². The molecule has 0 saturated heterocycles. The van der Waals surface area contributed by atoms with Crippen LogP contribution in [0.5, 0.6) is 0 Å². The van der Waals surface area contributed by atoms with E-state index in [2.05, 4.69) is 267 Å². The molecule has 2 nitrogen and oxygen atoms in total. The molecule has 1 heterocycles. The predicted octanol–water partition coefficient (Wildman–Crippen LogP) is 18.2. The predicted molar refractivity (Wildman–Crippen MR) is 292 cm³/mol. The molecule has 12 aromatic rings. The number of benzene rings is 11. The van der Waals surface area contributed by atoms with Crippen LogP contribution in [0.2, 0.25) is 0 Å². The lowest BCUT2D eigenvalue weighted by atomic mass is 9.67. The summed E-state index contributed by atoms with van der Waals surface area (Å²) in [6.45, 7) is 4.76.